The zero-order valence-electron chi connectivity index (χ0n) is 11.4. The molecule has 1 N–H and O–H groups in total. The molecule has 0 bridgehead atoms. The van der Waals surface area contributed by atoms with Gasteiger partial charge in [0.05, 0.1) is 16.6 Å². The number of hydrogen-bond donors (Lipinski definition) is 1. The molecule has 0 saturated carbocycles. The van der Waals surface area contributed by atoms with Crippen molar-refractivity contribution < 1.29 is 23.3 Å². The predicted molar refractivity (Wildman–Crippen MR) is 68.7 cm³/mol. The Morgan fingerprint density at radius 3 is 2.43 bits per heavy atom. The largest absolute Gasteiger partial charge is 0.351 e. The van der Waals surface area contributed by atoms with E-state index in [1.807, 2.05) is 0 Å². The number of hydrogen-bond acceptors (Lipinski definition) is 4. The van der Waals surface area contributed by atoms with Crippen molar-refractivity contribution >= 4 is 17.5 Å². The number of nitrogens with one attached hydrogen (secondary N) is 1. The van der Waals surface area contributed by atoms with E-state index in [4.69, 9.17) is 0 Å². The first-order valence-corrected chi connectivity index (χ1v) is 5.85. The summed E-state index contributed by atoms with van der Waals surface area (Å²) in [7, 11) is 3.07. The molecule has 114 valence electrons. The van der Waals surface area contributed by atoms with E-state index in [-0.39, 0.29) is 18.9 Å². The number of nitro groups is 1. The highest BCUT2D eigenvalue weighted by molar-refractivity contribution is 5.95. The number of carbonyl (C=O) groups is 2. The highest BCUT2D eigenvalue weighted by Crippen LogP contribution is 2.21. The second-order valence-corrected chi connectivity index (χ2v) is 4.33. The fourth-order valence-corrected chi connectivity index (χ4v) is 1.45. The zero-order valence-corrected chi connectivity index (χ0v) is 11.4. The first-order chi connectivity index (χ1) is 9.73. The number of benzene rings is 1. The van der Waals surface area contributed by atoms with Crippen molar-refractivity contribution in [3.8, 4) is 0 Å². The number of amides is 2. The van der Waals surface area contributed by atoms with Gasteiger partial charge in [-0.15, -0.1) is 0 Å². The third-order valence-electron chi connectivity index (χ3n) is 2.60. The molecule has 0 heterocycles. The molecular weight excluding hydrogens is 288 g/mol. The maximum atomic E-state index is 13.5. The Labute approximate surface area is 118 Å². The maximum absolute atomic E-state index is 13.5. The summed E-state index contributed by atoms with van der Waals surface area (Å²) in [4.78, 5) is 33.6. The van der Waals surface area contributed by atoms with E-state index in [1.54, 1.807) is 0 Å². The van der Waals surface area contributed by atoms with Gasteiger partial charge in [0, 0.05) is 27.1 Å². The molecule has 0 atom stereocenters. The van der Waals surface area contributed by atoms with Gasteiger partial charge in [-0.1, -0.05) is 0 Å². The Bertz CT molecular complexity index is 590. The summed E-state index contributed by atoms with van der Waals surface area (Å²) in [5.41, 5.74) is -1.71. The lowest BCUT2D eigenvalue weighted by Crippen LogP contribution is -2.30. The van der Waals surface area contributed by atoms with Gasteiger partial charge in [-0.3, -0.25) is 19.7 Å². The number of nitro benzene ring substituents is 1. The van der Waals surface area contributed by atoms with Crippen molar-refractivity contribution in [2.75, 3.05) is 20.6 Å². The molecule has 1 aromatic carbocycles. The molecule has 21 heavy (non-hydrogen) atoms. The number of nitrogens with zero attached hydrogens (tertiary/aromatic N) is 2. The first-order valence-electron chi connectivity index (χ1n) is 5.85. The molecule has 0 unspecified atom stereocenters. The van der Waals surface area contributed by atoms with Gasteiger partial charge in [0.1, 0.15) is 5.82 Å². The Morgan fingerprint density at radius 1 is 1.29 bits per heavy atom. The SMILES string of the molecule is CN(C)C(=O)CCNC(=O)c1cc(F)c([N+](=O)[O-])cc1F. The molecule has 0 saturated heterocycles. The van der Waals surface area contributed by atoms with Crippen LogP contribution in [0.25, 0.3) is 0 Å². The van der Waals surface area contributed by atoms with E-state index in [0.717, 1.165) is 0 Å². The van der Waals surface area contributed by atoms with Gasteiger partial charge in [-0.25, -0.2) is 4.39 Å². The number of carbonyl (C=O) groups excluding carboxylic acids is 2. The van der Waals surface area contributed by atoms with Crippen LogP contribution in [0, 0.1) is 21.7 Å². The molecule has 0 aliphatic carbocycles. The molecule has 0 aromatic heterocycles. The molecule has 1 aromatic rings. The third-order valence-corrected chi connectivity index (χ3v) is 2.60. The summed E-state index contributed by atoms with van der Waals surface area (Å²) >= 11 is 0. The Kier molecular flexibility index (Phi) is 5.28. The van der Waals surface area contributed by atoms with Crippen LogP contribution in [0.1, 0.15) is 16.8 Å². The van der Waals surface area contributed by atoms with E-state index >= 15 is 0 Å². The van der Waals surface area contributed by atoms with E-state index in [0.29, 0.717) is 12.1 Å². The highest BCUT2D eigenvalue weighted by atomic mass is 19.1. The van der Waals surface area contributed by atoms with Crippen LogP contribution in [0.3, 0.4) is 0 Å². The lowest BCUT2D eigenvalue weighted by molar-refractivity contribution is -0.387. The van der Waals surface area contributed by atoms with Crippen LogP contribution in [0.4, 0.5) is 14.5 Å². The number of rotatable bonds is 5. The quantitative estimate of drug-likeness (QED) is 0.650. The highest BCUT2D eigenvalue weighted by Gasteiger charge is 2.22. The van der Waals surface area contributed by atoms with E-state index in [2.05, 4.69) is 5.32 Å². The summed E-state index contributed by atoms with van der Waals surface area (Å²) < 4.78 is 26.9. The van der Waals surface area contributed by atoms with Crippen LogP contribution in [0.5, 0.6) is 0 Å². The maximum Gasteiger partial charge on any atom is 0.307 e. The molecule has 1 rings (SSSR count). The molecule has 9 heteroatoms. The average Bonchev–Trinajstić information content (AvgIpc) is 2.40. The lowest BCUT2D eigenvalue weighted by atomic mass is 10.1. The van der Waals surface area contributed by atoms with Crippen molar-refractivity contribution in [3.63, 3.8) is 0 Å². The van der Waals surface area contributed by atoms with E-state index < -0.39 is 33.7 Å². The van der Waals surface area contributed by atoms with Crippen molar-refractivity contribution in [2.24, 2.45) is 0 Å². The van der Waals surface area contributed by atoms with Gasteiger partial charge in [-0.2, -0.15) is 4.39 Å². The number of halogens is 2. The van der Waals surface area contributed by atoms with Crippen LogP contribution in [0.2, 0.25) is 0 Å². The predicted octanol–water partition coefficient (Wildman–Crippen LogP) is 1.08. The van der Waals surface area contributed by atoms with Gasteiger partial charge in [0.25, 0.3) is 5.91 Å². The van der Waals surface area contributed by atoms with Crippen molar-refractivity contribution in [2.45, 2.75) is 6.42 Å². The molecule has 0 aliphatic rings. The minimum Gasteiger partial charge on any atom is -0.351 e. The molecule has 2 amide bonds. The molecule has 0 aliphatic heterocycles. The van der Waals surface area contributed by atoms with Gasteiger partial charge in [0.2, 0.25) is 11.7 Å². The van der Waals surface area contributed by atoms with Crippen LogP contribution in [0.15, 0.2) is 12.1 Å². The summed E-state index contributed by atoms with van der Waals surface area (Å²) in [6.45, 7) is -0.0616. The minimum absolute atomic E-state index is 0.00414. The van der Waals surface area contributed by atoms with Gasteiger partial charge >= 0.3 is 5.69 Å². The summed E-state index contributed by atoms with van der Waals surface area (Å²) in [6, 6.07) is 0.797. The smallest absolute Gasteiger partial charge is 0.307 e. The monoisotopic (exact) mass is 301 g/mol. The molecule has 0 radical (unpaired) electrons. The van der Waals surface area contributed by atoms with Crippen LogP contribution in [-0.2, 0) is 4.79 Å². The van der Waals surface area contributed by atoms with Crippen LogP contribution < -0.4 is 5.32 Å². The normalized spacial score (nSPS) is 10.1. The standard InChI is InChI=1S/C12H13F2N3O4/c1-16(2)11(18)3-4-15-12(19)7-5-9(14)10(17(20)21)6-8(7)13/h5-6H,3-4H2,1-2H3,(H,15,19). The fraction of sp³-hybridized carbons (Fsp3) is 0.333. The van der Waals surface area contributed by atoms with E-state index in [9.17, 15) is 28.5 Å². The van der Waals surface area contributed by atoms with Crippen LogP contribution >= 0.6 is 0 Å². The molecule has 0 spiro atoms. The minimum atomic E-state index is -1.31. The topological polar surface area (TPSA) is 92.6 Å². The molecular formula is C12H13F2N3O4. The van der Waals surface area contributed by atoms with Crippen molar-refractivity contribution in [1.82, 2.24) is 10.2 Å². The Hall–Kier alpha value is -2.58. The summed E-state index contributed by atoms with van der Waals surface area (Å²) in [5.74, 6) is -3.71. The second kappa shape index (κ2) is 6.73. The third kappa shape index (κ3) is 4.20. The molecule has 0 fully saturated rings. The van der Waals surface area contributed by atoms with Crippen LogP contribution in [-0.4, -0.2) is 42.3 Å². The Balaban J connectivity index is 2.77. The lowest BCUT2D eigenvalue weighted by Gasteiger charge is -2.10. The summed E-state index contributed by atoms with van der Waals surface area (Å²) in [5, 5.41) is 12.7. The average molecular weight is 301 g/mol. The summed E-state index contributed by atoms with van der Waals surface area (Å²) in [6.07, 6.45) is -0.00414. The van der Waals surface area contributed by atoms with Gasteiger partial charge in [-0.05, 0) is 6.07 Å². The second-order valence-electron chi connectivity index (χ2n) is 4.33. The first kappa shape index (κ1) is 16.5. The van der Waals surface area contributed by atoms with Crippen molar-refractivity contribution in [1.29, 1.82) is 0 Å². The van der Waals surface area contributed by atoms with Gasteiger partial charge < -0.3 is 10.2 Å². The van der Waals surface area contributed by atoms with E-state index in [1.165, 1.54) is 19.0 Å². The van der Waals surface area contributed by atoms with Crippen molar-refractivity contribution in [3.05, 3.63) is 39.4 Å². The zero-order chi connectivity index (χ0) is 16.2. The fourth-order valence-electron chi connectivity index (χ4n) is 1.45. The molecule has 7 nitrogen and oxygen atoms in total. The van der Waals surface area contributed by atoms with Gasteiger partial charge in [0.15, 0.2) is 0 Å². The Morgan fingerprint density at radius 2 is 1.90 bits per heavy atom.